The molecule has 9 heteroatoms. The lowest BCUT2D eigenvalue weighted by atomic mass is 10.4. The van der Waals surface area contributed by atoms with Crippen molar-refractivity contribution >= 4 is 48.5 Å². The minimum Gasteiger partial charge on any atom is -0.397 e. The minimum absolute atomic E-state index is 0.422. The van der Waals surface area contributed by atoms with Crippen molar-refractivity contribution in [1.82, 2.24) is 0 Å². The van der Waals surface area contributed by atoms with Crippen LogP contribution < -0.4 is 0 Å². The average molecular weight is 475 g/mol. The molecule has 0 fully saturated rings. The molecule has 0 spiro atoms. The molecule has 0 heterocycles. The van der Waals surface area contributed by atoms with Crippen molar-refractivity contribution < 1.29 is 17.7 Å². The highest BCUT2D eigenvalue weighted by Crippen LogP contribution is 2.48. The molecule has 0 bridgehead atoms. The maximum Gasteiger partial charge on any atom is 0.351 e. The highest BCUT2D eigenvalue weighted by Gasteiger charge is 2.46. The highest BCUT2D eigenvalue weighted by molar-refractivity contribution is 9.09. The molecule has 0 aromatic rings. The fourth-order valence-electron chi connectivity index (χ4n) is 3.29. The van der Waals surface area contributed by atoms with Gasteiger partial charge in [-0.1, -0.05) is 75.0 Å². The summed E-state index contributed by atoms with van der Waals surface area (Å²) in [5.41, 5.74) is 0. The molecule has 0 radical (unpaired) electrons. The van der Waals surface area contributed by atoms with Gasteiger partial charge in [-0.25, -0.2) is 0 Å². The summed E-state index contributed by atoms with van der Waals surface area (Å²) in [6.45, 7) is 8.95. The summed E-state index contributed by atoms with van der Waals surface area (Å²) in [6.07, 6.45) is 6.83. The molecule has 2 atom stereocenters. The predicted octanol–water partition coefficient (Wildman–Crippen LogP) is 6.72. The lowest BCUT2D eigenvalue weighted by molar-refractivity contribution is 0.237. The second-order valence-electron chi connectivity index (χ2n) is 6.70. The normalized spacial score (nSPS) is 15.1. The van der Waals surface area contributed by atoms with Gasteiger partial charge in [0.1, 0.15) is 0 Å². The van der Waals surface area contributed by atoms with Crippen LogP contribution in [-0.4, -0.2) is 55.3 Å². The van der Waals surface area contributed by atoms with Crippen LogP contribution in [0, 0.1) is 0 Å². The van der Waals surface area contributed by atoms with Gasteiger partial charge >= 0.3 is 17.1 Å². The molecule has 0 rings (SSSR count). The second kappa shape index (κ2) is 16.1. The van der Waals surface area contributed by atoms with E-state index in [1.54, 1.807) is 0 Å². The summed E-state index contributed by atoms with van der Waals surface area (Å²) in [7, 11) is 8.72. The number of unbranched alkanes of at least 4 members (excludes halogenated alkanes) is 2. The SMILES string of the molecule is CCCC[Si](OC)(OC)C(CC)SSSC(CC)[Si](CCCC)(OC)OC. The second-order valence-corrected chi connectivity index (χ2v) is 19.3. The number of hydrogen-bond donors (Lipinski definition) is 0. The summed E-state index contributed by atoms with van der Waals surface area (Å²) in [6, 6.07) is 2.13. The third-order valence-electron chi connectivity index (χ3n) is 5.17. The van der Waals surface area contributed by atoms with Gasteiger partial charge in [-0.05, 0) is 34.8 Å². The lowest BCUT2D eigenvalue weighted by Crippen LogP contribution is -2.50. The predicted molar refractivity (Wildman–Crippen MR) is 130 cm³/mol. The first-order chi connectivity index (χ1) is 13.0. The van der Waals surface area contributed by atoms with Gasteiger partial charge in [0.15, 0.2) is 0 Å². The number of rotatable bonds is 18. The van der Waals surface area contributed by atoms with E-state index in [0.717, 1.165) is 24.9 Å². The number of hydrogen-bond acceptors (Lipinski definition) is 7. The topological polar surface area (TPSA) is 36.9 Å². The molecule has 0 aliphatic heterocycles. The van der Waals surface area contributed by atoms with E-state index >= 15 is 0 Å². The standard InChI is InChI=1S/C18H42O4S3Si2/c1-9-13-15-26(19-5,20-6)17(11-3)23-25-24-18(12-4)27(21-7,22-8)16-14-10-2/h17-18H,9-16H2,1-8H3. The van der Waals surface area contributed by atoms with Crippen LogP contribution in [0.3, 0.4) is 0 Å². The lowest BCUT2D eigenvalue weighted by Gasteiger charge is -2.35. The molecular weight excluding hydrogens is 433 g/mol. The molecule has 27 heavy (non-hydrogen) atoms. The molecule has 4 nitrogen and oxygen atoms in total. The van der Waals surface area contributed by atoms with Crippen LogP contribution in [0.2, 0.25) is 12.1 Å². The Balaban J connectivity index is 5.02. The zero-order valence-electron chi connectivity index (χ0n) is 18.7. The van der Waals surface area contributed by atoms with Crippen LogP contribution >= 0.6 is 31.4 Å². The quantitative estimate of drug-likeness (QED) is 0.161. The molecule has 0 saturated heterocycles. The third kappa shape index (κ3) is 8.53. The summed E-state index contributed by atoms with van der Waals surface area (Å²) >= 11 is 0. The van der Waals surface area contributed by atoms with Gasteiger partial charge in [0, 0.05) is 28.4 Å². The van der Waals surface area contributed by atoms with Crippen molar-refractivity contribution in [2.75, 3.05) is 28.4 Å². The summed E-state index contributed by atoms with van der Waals surface area (Å²) in [5.74, 6) is 0. The Morgan fingerprint density at radius 1 is 0.630 bits per heavy atom. The van der Waals surface area contributed by atoms with Gasteiger partial charge in [0.05, 0.1) is 9.75 Å². The molecule has 0 N–H and O–H groups in total. The summed E-state index contributed by atoms with van der Waals surface area (Å²) in [4.78, 5) is 0.844. The monoisotopic (exact) mass is 474 g/mol. The fourth-order valence-corrected chi connectivity index (χ4v) is 21.0. The fraction of sp³-hybridized carbons (Fsp3) is 1.00. The Hall–Kier alpha value is 1.32. The van der Waals surface area contributed by atoms with Crippen molar-refractivity contribution in [3.8, 4) is 0 Å². The molecule has 0 aromatic heterocycles. The first kappa shape index (κ1) is 28.3. The molecule has 0 aliphatic carbocycles. The minimum atomic E-state index is -2.18. The highest BCUT2D eigenvalue weighted by atomic mass is 33.5. The molecule has 2 unspecified atom stereocenters. The average Bonchev–Trinajstić information content (AvgIpc) is 2.72. The van der Waals surface area contributed by atoms with E-state index in [1.807, 2.05) is 59.9 Å². The van der Waals surface area contributed by atoms with Crippen molar-refractivity contribution in [1.29, 1.82) is 0 Å². The van der Waals surface area contributed by atoms with Crippen molar-refractivity contribution in [2.24, 2.45) is 0 Å². The zero-order chi connectivity index (χ0) is 20.8. The Labute approximate surface area is 182 Å². The van der Waals surface area contributed by atoms with Crippen LogP contribution in [0.1, 0.15) is 66.2 Å². The molecule has 0 amide bonds. The maximum absolute atomic E-state index is 6.02. The van der Waals surface area contributed by atoms with E-state index in [4.69, 9.17) is 17.7 Å². The van der Waals surface area contributed by atoms with Crippen LogP contribution in [0.25, 0.3) is 0 Å². The van der Waals surface area contributed by atoms with Crippen LogP contribution in [0.15, 0.2) is 0 Å². The largest absolute Gasteiger partial charge is 0.397 e. The van der Waals surface area contributed by atoms with Crippen LogP contribution in [0.4, 0.5) is 0 Å². The third-order valence-corrected chi connectivity index (χ3v) is 21.3. The molecule has 164 valence electrons. The molecule has 0 aromatic carbocycles. The Kier molecular flexibility index (Phi) is 16.9. The smallest absolute Gasteiger partial charge is 0.351 e. The first-order valence-electron chi connectivity index (χ1n) is 10.2. The Morgan fingerprint density at radius 2 is 0.963 bits per heavy atom. The maximum atomic E-state index is 6.02. The zero-order valence-corrected chi connectivity index (χ0v) is 23.1. The van der Waals surface area contributed by atoms with Gasteiger partial charge in [0.2, 0.25) is 0 Å². The van der Waals surface area contributed by atoms with Crippen molar-refractivity contribution in [3.05, 3.63) is 0 Å². The van der Waals surface area contributed by atoms with E-state index in [9.17, 15) is 0 Å². The van der Waals surface area contributed by atoms with E-state index in [2.05, 4.69) is 27.7 Å². The van der Waals surface area contributed by atoms with E-state index < -0.39 is 17.1 Å². The molecule has 0 saturated carbocycles. The first-order valence-corrected chi connectivity index (χ1v) is 18.0. The summed E-state index contributed by atoms with van der Waals surface area (Å²) in [5, 5.41) is 0. The van der Waals surface area contributed by atoms with Crippen molar-refractivity contribution in [3.63, 3.8) is 0 Å². The van der Waals surface area contributed by atoms with Gasteiger partial charge < -0.3 is 17.7 Å². The van der Waals surface area contributed by atoms with E-state index in [-0.39, 0.29) is 0 Å². The molecular formula is C18H42O4S3Si2. The van der Waals surface area contributed by atoms with Gasteiger partial charge in [-0.2, -0.15) is 0 Å². The Bertz CT molecular complexity index is 327. The van der Waals surface area contributed by atoms with Crippen molar-refractivity contribution in [2.45, 2.75) is 88.1 Å². The van der Waals surface area contributed by atoms with Gasteiger partial charge in [-0.15, -0.1) is 0 Å². The van der Waals surface area contributed by atoms with Gasteiger partial charge in [-0.3, -0.25) is 0 Å². The van der Waals surface area contributed by atoms with Crippen LogP contribution in [0.5, 0.6) is 0 Å². The summed E-state index contributed by atoms with van der Waals surface area (Å²) < 4.78 is 24.1. The van der Waals surface area contributed by atoms with E-state index in [0.29, 0.717) is 9.75 Å². The Morgan fingerprint density at radius 3 is 1.19 bits per heavy atom. The molecule has 0 aliphatic rings. The van der Waals surface area contributed by atoms with E-state index in [1.165, 1.54) is 25.7 Å². The van der Waals surface area contributed by atoms with Gasteiger partial charge in [0.25, 0.3) is 0 Å². The van der Waals surface area contributed by atoms with Crippen LogP contribution in [-0.2, 0) is 17.7 Å².